The summed E-state index contributed by atoms with van der Waals surface area (Å²) in [5.41, 5.74) is 1.95. The van der Waals surface area contributed by atoms with Crippen molar-refractivity contribution in [2.24, 2.45) is 5.14 Å². The molecule has 0 atom stereocenters. The molecule has 0 amide bonds. The second-order valence-corrected chi connectivity index (χ2v) is 6.83. The summed E-state index contributed by atoms with van der Waals surface area (Å²) in [6.07, 6.45) is 2.69. The molecule has 110 valence electrons. The van der Waals surface area contributed by atoms with Crippen LogP contribution in [0.25, 0.3) is 11.4 Å². The first-order valence-electron chi connectivity index (χ1n) is 6.78. The summed E-state index contributed by atoms with van der Waals surface area (Å²) < 4.78 is 30.4. The minimum Gasteiger partial charge on any atom is -0.493 e. The van der Waals surface area contributed by atoms with Crippen LogP contribution in [0.4, 0.5) is 0 Å². The van der Waals surface area contributed by atoms with E-state index in [9.17, 15) is 8.42 Å². The van der Waals surface area contributed by atoms with Gasteiger partial charge in [0.2, 0.25) is 0 Å². The molecule has 0 unspecified atom stereocenters. The number of aromatic nitrogens is 3. The van der Waals surface area contributed by atoms with Gasteiger partial charge in [0.1, 0.15) is 5.75 Å². The number of nitrogens with two attached hydrogens (primary N) is 1. The van der Waals surface area contributed by atoms with Gasteiger partial charge in [-0.15, -0.1) is 10.2 Å². The van der Waals surface area contributed by atoms with Crippen molar-refractivity contribution in [3.05, 3.63) is 23.8 Å². The topological polar surface area (TPSA) is 100 Å². The van der Waals surface area contributed by atoms with Crippen LogP contribution in [0.1, 0.15) is 24.4 Å². The zero-order chi connectivity index (χ0) is 14.6. The molecule has 1 aromatic heterocycles. The highest BCUT2D eigenvalue weighted by molar-refractivity contribution is 7.89. The summed E-state index contributed by atoms with van der Waals surface area (Å²) >= 11 is 0. The number of rotatable bonds is 3. The van der Waals surface area contributed by atoms with Crippen LogP contribution in [-0.4, -0.2) is 29.8 Å². The molecule has 1 saturated carbocycles. The zero-order valence-electron chi connectivity index (χ0n) is 11.2. The SMILES string of the molecule is NS(=O)(=O)c1nnc(-c2ccc3c(c2)CCO3)n1C1CC1. The lowest BCUT2D eigenvalue weighted by Crippen LogP contribution is -2.18. The lowest BCUT2D eigenvalue weighted by atomic mass is 10.1. The number of primary sulfonamides is 1. The van der Waals surface area contributed by atoms with Gasteiger partial charge in [-0.05, 0) is 36.6 Å². The minimum atomic E-state index is -3.87. The molecule has 7 nitrogen and oxygen atoms in total. The molecule has 1 aliphatic carbocycles. The molecule has 0 bridgehead atoms. The highest BCUT2D eigenvalue weighted by atomic mass is 32.2. The molecule has 2 aliphatic rings. The van der Waals surface area contributed by atoms with Gasteiger partial charge in [0.25, 0.3) is 15.2 Å². The first-order chi connectivity index (χ1) is 10.0. The monoisotopic (exact) mass is 306 g/mol. The second-order valence-electron chi connectivity index (χ2n) is 5.37. The van der Waals surface area contributed by atoms with Crippen molar-refractivity contribution >= 4 is 10.0 Å². The Hall–Kier alpha value is -1.93. The van der Waals surface area contributed by atoms with Crippen LogP contribution < -0.4 is 9.88 Å². The van der Waals surface area contributed by atoms with E-state index in [0.717, 1.165) is 36.1 Å². The average Bonchev–Trinajstić information content (AvgIpc) is 3.01. The van der Waals surface area contributed by atoms with Gasteiger partial charge >= 0.3 is 0 Å². The fourth-order valence-corrected chi connectivity index (χ4v) is 3.32. The Morgan fingerprint density at radius 2 is 2.10 bits per heavy atom. The van der Waals surface area contributed by atoms with Crippen molar-refractivity contribution in [2.75, 3.05) is 6.61 Å². The summed E-state index contributed by atoms with van der Waals surface area (Å²) in [6.45, 7) is 0.677. The fraction of sp³-hybridized carbons (Fsp3) is 0.385. The summed E-state index contributed by atoms with van der Waals surface area (Å²) in [6, 6.07) is 5.87. The van der Waals surface area contributed by atoms with Crippen LogP contribution in [0.2, 0.25) is 0 Å². The number of hydrogen-bond acceptors (Lipinski definition) is 5. The number of benzene rings is 1. The Morgan fingerprint density at radius 3 is 2.81 bits per heavy atom. The van der Waals surface area contributed by atoms with Gasteiger partial charge in [0.15, 0.2) is 5.82 Å². The molecule has 1 fully saturated rings. The molecule has 21 heavy (non-hydrogen) atoms. The number of ether oxygens (including phenoxy) is 1. The molecule has 0 spiro atoms. The van der Waals surface area contributed by atoms with E-state index >= 15 is 0 Å². The third-order valence-electron chi connectivity index (χ3n) is 3.78. The van der Waals surface area contributed by atoms with E-state index in [0.29, 0.717) is 12.4 Å². The molecule has 2 heterocycles. The standard InChI is InChI=1S/C13H14N4O3S/c14-21(18,19)13-16-15-12(17(13)10-2-3-10)9-1-4-11-8(7-9)5-6-20-11/h1,4,7,10H,2-3,5-6H2,(H2,14,18,19). The van der Waals surface area contributed by atoms with E-state index in [1.54, 1.807) is 4.57 Å². The van der Waals surface area contributed by atoms with Crippen molar-refractivity contribution in [1.82, 2.24) is 14.8 Å². The third kappa shape index (κ3) is 2.11. The molecule has 4 rings (SSSR count). The number of sulfonamides is 1. The molecule has 0 radical (unpaired) electrons. The summed E-state index contributed by atoms with van der Waals surface area (Å²) in [7, 11) is -3.87. The molecule has 8 heteroatoms. The van der Waals surface area contributed by atoms with Crippen LogP contribution >= 0.6 is 0 Å². The highest BCUT2D eigenvalue weighted by Crippen LogP contribution is 2.40. The highest BCUT2D eigenvalue weighted by Gasteiger charge is 2.33. The van der Waals surface area contributed by atoms with Crippen LogP contribution in [0.3, 0.4) is 0 Å². The van der Waals surface area contributed by atoms with E-state index in [1.807, 2.05) is 18.2 Å². The smallest absolute Gasteiger partial charge is 0.273 e. The quantitative estimate of drug-likeness (QED) is 0.906. The van der Waals surface area contributed by atoms with Crippen molar-refractivity contribution in [3.63, 3.8) is 0 Å². The Balaban J connectivity index is 1.87. The minimum absolute atomic E-state index is 0.118. The van der Waals surface area contributed by atoms with Gasteiger partial charge in [-0.2, -0.15) is 0 Å². The molecular formula is C13H14N4O3S. The van der Waals surface area contributed by atoms with E-state index in [-0.39, 0.29) is 11.2 Å². The van der Waals surface area contributed by atoms with Crippen LogP contribution in [0, 0.1) is 0 Å². The zero-order valence-corrected chi connectivity index (χ0v) is 12.0. The van der Waals surface area contributed by atoms with Gasteiger partial charge in [-0.25, -0.2) is 13.6 Å². The Morgan fingerprint density at radius 1 is 1.29 bits per heavy atom. The van der Waals surface area contributed by atoms with E-state index in [2.05, 4.69) is 10.2 Å². The molecule has 2 aromatic rings. The normalized spacial score (nSPS) is 17.6. The second kappa shape index (κ2) is 4.28. The summed E-state index contributed by atoms with van der Waals surface area (Å²) in [5.74, 6) is 1.43. The van der Waals surface area contributed by atoms with Gasteiger partial charge in [-0.1, -0.05) is 0 Å². The van der Waals surface area contributed by atoms with Gasteiger partial charge in [0.05, 0.1) is 6.61 Å². The molecule has 1 aliphatic heterocycles. The fourth-order valence-electron chi connectivity index (χ4n) is 2.66. The maximum Gasteiger partial charge on any atom is 0.273 e. The van der Waals surface area contributed by atoms with Crippen LogP contribution in [0.5, 0.6) is 5.75 Å². The van der Waals surface area contributed by atoms with E-state index < -0.39 is 10.0 Å². The maximum absolute atomic E-state index is 11.7. The van der Waals surface area contributed by atoms with Crippen molar-refractivity contribution in [2.45, 2.75) is 30.5 Å². The number of fused-ring (bicyclic) bond motifs is 1. The van der Waals surface area contributed by atoms with Crippen LogP contribution in [0.15, 0.2) is 23.4 Å². The first-order valence-corrected chi connectivity index (χ1v) is 8.32. The predicted octanol–water partition coefficient (Wildman–Crippen LogP) is 0.862. The molecular weight excluding hydrogens is 292 g/mol. The molecule has 1 aromatic carbocycles. The predicted molar refractivity (Wildman–Crippen MR) is 74.3 cm³/mol. The van der Waals surface area contributed by atoms with E-state index in [1.165, 1.54) is 0 Å². The van der Waals surface area contributed by atoms with Gasteiger partial charge in [-0.3, -0.25) is 4.57 Å². The maximum atomic E-state index is 11.7. The Bertz CT molecular complexity index is 824. The number of nitrogens with zero attached hydrogens (tertiary/aromatic N) is 3. The lowest BCUT2D eigenvalue weighted by molar-refractivity contribution is 0.357. The van der Waals surface area contributed by atoms with E-state index in [4.69, 9.17) is 9.88 Å². The lowest BCUT2D eigenvalue weighted by Gasteiger charge is -2.08. The molecule has 0 saturated heterocycles. The largest absolute Gasteiger partial charge is 0.493 e. The van der Waals surface area contributed by atoms with Crippen molar-refractivity contribution in [3.8, 4) is 17.1 Å². The Labute approximate surface area is 121 Å². The van der Waals surface area contributed by atoms with Gasteiger partial charge < -0.3 is 4.74 Å². The van der Waals surface area contributed by atoms with Crippen molar-refractivity contribution < 1.29 is 13.2 Å². The summed E-state index contributed by atoms with van der Waals surface area (Å²) in [4.78, 5) is 0. The summed E-state index contributed by atoms with van der Waals surface area (Å²) in [5, 5.41) is 12.9. The first kappa shape index (κ1) is 12.8. The van der Waals surface area contributed by atoms with Crippen LogP contribution in [-0.2, 0) is 16.4 Å². The Kier molecular flexibility index (Phi) is 2.61. The number of hydrogen-bond donors (Lipinski definition) is 1. The molecule has 2 N–H and O–H groups in total. The average molecular weight is 306 g/mol. The third-order valence-corrected chi connectivity index (χ3v) is 4.57. The van der Waals surface area contributed by atoms with Crippen molar-refractivity contribution in [1.29, 1.82) is 0 Å². The van der Waals surface area contributed by atoms with Gasteiger partial charge in [0, 0.05) is 18.0 Å².